The van der Waals surface area contributed by atoms with Crippen molar-refractivity contribution in [2.75, 3.05) is 18.1 Å². The molecule has 0 saturated heterocycles. The Morgan fingerprint density at radius 3 is 2.45 bits per heavy atom. The first-order chi connectivity index (χ1) is 10.5. The summed E-state index contributed by atoms with van der Waals surface area (Å²) < 4.78 is 9.84. The molecule has 0 saturated carbocycles. The average molecular weight is 303 g/mol. The van der Waals surface area contributed by atoms with Gasteiger partial charge in [-0.15, -0.1) is 0 Å². The van der Waals surface area contributed by atoms with E-state index in [1.807, 2.05) is 19.1 Å². The van der Waals surface area contributed by atoms with E-state index >= 15 is 0 Å². The fourth-order valence-corrected chi connectivity index (χ4v) is 2.16. The number of carbonyl (C=O) groups excluding carboxylic acids is 3. The fraction of sp³-hybridized carbons (Fsp3) is 0.312. The molecule has 6 nitrogen and oxygen atoms in total. The highest BCUT2D eigenvalue weighted by Gasteiger charge is 2.36. The number of aryl methyl sites for hydroxylation is 1. The molecule has 6 heteroatoms. The number of hydrogen-bond acceptors (Lipinski definition) is 5. The van der Waals surface area contributed by atoms with Crippen LogP contribution in [-0.2, 0) is 23.9 Å². The monoisotopic (exact) mass is 303 g/mol. The van der Waals surface area contributed by atoms with E-state index < -0.39 is 11.9 Å². The van der Waals surface area contributed by atoms with Crippen LogP contribution in [0.4, 0.5) is 5.69 Å². The van der Waals surface area contributed by atoms with Gasteiger partial charge in [-0.3, -0.25) is 9.69 Å². The van der Waals surface area contributed by atoms with E-state index in [4.69, 9.17) is 9.47 Å². The van der Waals surface area contributed by atoms with Crippen LogP contribution in [0.15, 0.2) is 35.5 Å². The number of carbonyl (C=O) groups is 3. The number of rotatable bonds is 4. The average Bonchev–Trinajstić information content (AvgIpc) is 2.83. The maximum absolute atomic E-state index is 12.0. The molecule has 1 aromatic rings. The smallest absolute Gasteiger partial charge is 0.356 e. The predicted molar refractivity (Wildman–Crippen MR) is 79.0 cm³/mol. The molecule has 0 atom stereocenters. The molecule has 1 aliphatic rings. The summed E-state index contributed by atoms with van der Waals surface area (Å²) in [6, 6.07) is 7.04. The zero-order chi connectivity index (χ0) is 16.3. The van der Waals surface area contributed by atoms with E-state index in [9.17, 15) is 14.4 Å². The molecule has 0 radical (unpaired) electrons. The molecule has 0 fully saturated rings. The third-order valence-electron chi connectivity index (χ3n) is 3.18. The van der Waals surface area contributed by atoms with Gasteiger partial charge in [-0.25, -0.2) is 9.59 Å². The first kappa shape index (κ1) is 15.8. The van der Waals surface area contributed by atoms with Crippen molar-refractivity contribution in [2.45, 2.75) is 20.8 Å². The van der Waals surface area contributed by atoms with Crippen molar-refractivity contribution in [3.8, 4) is 0 Å². The summed E-state index contributed by atoms with van der Waals surface area (Å²) in [5, 5.41) is 0. The first-order valence-electron chi connectivity index (χ1n) is 6.90. The summed E-state index contributed by atoms with van der Waals surface area (Å²) in [5.41, 5.74) is 1.49. The number of anilines is 1. The van der Waals surface area contributed by atoms with Gasteiger partial charge in [-0.1, -0.05) is 17.7 Å². The van der Waals surface area contributed by atoms with Gasteiger partial charge in [0, 0.05) is 12.6 Å². The second kappa shape index (κ2) is 6.43. The number of benzene rings is 1. The Hall–Kier alpha value is -2.63. The summed E-state index contributed by atoms with van der Waals surface area (Å²) in [7, 11) is 0. The molecule has 116 valence electrons. The molecule has 0 unspecified atom stereocenters. The van der Waals surface area contributed by atoms with E-state index in [-0.39, 0.29) is 30.4 Å². The molecular weight excluding hydrogens is 286 g/mol. The third-order valence-corrected chi connectivity index (χ3v) is 3.18. The van der Waals surface area contributed by atoms with E-state index in [0.717, 1.165) is 5.56 Å². The van der Waals surface area contributed by atoms with Crippen LogP contribution in [0.1, 0.15) is 19.4 Å². The Balaban J connectivity index is 2.51. The van der Waals surface area contributed by atoms with Crippen molar-refractivity contribution >= 4 is 23.5 Å². The highest BCUT2D eigenvalue weighted by atomic mass is 16.6. The Labute approximate surface area is 128 Å². The fourth-order valence-electron chi connectivity index (χ4n) is 2.16. The first-order valence-corrected chi connectivity index (χ1v) is 6.90. The highest BCUT2D eigenvalue weighted by Crippen LogP contribution is 2.27. The number of amides is 1. The van der Waals surface area contributed by atoms with E-state index in [0.29, 0.717) is 5.69 Å². The molecule has 1 aliphatic heterocycles. The lowest BCUT2D eigenvalue weighted by Crippen LogP contribution is -2.32. The summed E-state index contributed by atoms with van der Waals surface area (Å²) >= 11 is 0. The van der Waals surface area contributed by atoms with Gasteiger partial charge >= 0.3 is 11.9 Å². The molecule has 0 aromatic heterocycles. The van der Waals surface area contributed by atoms with Gasteiger partial charge in [-0.05, 0) is 26.0 Å². The van der Waals surface area contributed by atoms with Gasteiger partial charge in [0.15, 0.2) is 0 Å². The summed E-state index contributed by atoms with van der Waals surface area (Å²) in [4.78, 5) is 37.2. The predicted octanol–water partition coefficient (Wildman–Crippen LogP) is 1.72. The maximum atomic E-state index is 12.0. The minimum Gasteiger partial charge on any atom is -0.462 e. The van der Waals surface area contributed by atoms with Gasteiger partial charge in [0.25, 0.3) is 0 Å². The van der Waals surface area contributed by atoms with Crippen molar-refractivity contribution in [2.24, 2.45) is 0 Å². The highest BCUT2D eigenvalue weighted by molar-refractivity contribution is 6.12. The maximum Gasteiger partial charge on any atom is 0.356 e. The van der Waals surface area contributed by atoms with Crippen LogP contribution in [0, 0.1) is 6.92 Å². The molecule has 0 spiro atoms. The Morgan fingerprint density at radius 1 is 1.27 bits per heavy atom. The van der Waals surface area contributed by atoms with Crippen LogP contribution in [0.2, 0.25) is 0 Å². The number of hydrogen-bond donors (Lipinski definition) is 0. The lowest BCUT2D eigenvalue weighted by Gasteiger charge is -2.21. The summed E-state index contributed by atoms with van der Waals surface area (Å²) in [6.45, 7) is 4.88. The van der Waals surface area contributed by atoms with E-state index in [1.165, 1.54) is 11.8 Å². The number of nitrogens with zero attached hydrogens (tertiary/aromatic N) is 1. The van der Waals surface area contributed by atoms with Gasteiger partial charge in [-0.2, -0.15) is 0 Å². The summed E-state index contributed by atoms with van der Waals surface area (Å²) in [5.74, 6) is -1.75. The van der Waals surface area contributed by atoms with Crippen molar-refractivity contribution in [1.29, 1.82) is 0 Å². The number of cyclic esters (lactones) is 1. The van der Waals surface area contributed by atoms with E-state index in [2.05, 4.69) is 0 Å². The minimum absolute atomic E-state index is 0.0580. The Kier molecular flexibility index (Phi) is 4.60. The van der Waals surface area contributed by atoms with Crippen LogP contribution < -0.4 is 4.90 Å². The number of ether oxygens (including phenoxy) is 2. The van der Waals surface area contributed by atoms with Crippen molar-refractivity contribution in [1.82, 2.24) is 0 Å². The van der Waals surface area contributed by atoms with Crippen molar-refractivity contribution < 1.29 is 23.9 Å². The van der Waals surface area contributed by atoms with Crippen LogP contribution in [0.25, 0.3) is 0 Å². The standard InChI is InChI=1S/C16H17NO5/c1-4-21-15(19)13-9-22-16(20)14(13)17(11(3)18)12-7-5-10(2)6-8-12/h5-8H,4,9H2,1-3H3. The van der Waals surface area contributed by atoms with Crippen molar-refractivity contribution in [3.05, 3.63) is 41.1 Å². The lowest BCUT2D eigenvalue weighted by atomic mass is 10.1. The second-order valence-corrected chi connectivity index (χ2v) is 4.81. The van der Waals surface area contributed by atoms with Gasteiger partial charge in [0.2, 0.25) is 5.91 Å². The number of esters is 2. The molecule has 2 rings (SSSR count). The SMILES string of the molecule is CCOC(=O)C1=C(N(C(C)=O)c2ccc(C)cc2)C(=O)OC1. The normalized spacial score (nSPS) is 13.9. The van der Waals surface area contributed by atoms with Crippen LogP contribution in [-0.4, -0.2) is 31.1 Å². The van der Waals surface area contributed by atoms with Gasteiger partial charge in [0.1, 0.15) is 17.9 Å². The lowest BCUT2D eigenvalue weighted by molar-refractivity contribution is -0.139. The molecule has 1 heterocycles. The summed E-state index contributed by atoms with van der Waals surface area (Å²) in [6.07, 6.45) is 0. The van der Waals surface area contributed by atoms with Crippen LogP contribution in [0.5, 0.6) is 0 Å². The van der Waals surface area contributed by atoms with Gasteiger partial charge in [0.05, 0.1) is 6.61 Å². The molecule has 0 bridgehead atoms. The quantitative estimate of drug-likeness (QED) is 0.792. The van der Waals surface area contributed by atoms with Crippen LogP contribution >= 0.6 is 0 Å². The molecule has 22 heavy (non-hydrogen) atoms. The molecule has 1 aromatic carbocycles. The van der Waals surface area contributed by atoms with Gasteiger partial charge < -0.3 is 9.47 Å². The topological polar surface area (TPSA) is 72.9 Å². The zero-order valence-corrected chi connectivity index (χ0v) is 12.7. The zero-order valence-electron chi connectivity index (χ0n) is 12.7. The van der Waals surface area contributed by atoms with Crippen LogP contribution in [0.3, 0.4) is 0 Å². The third kappa shape index (κ3) is 3.00. The largest absolute Gasteiger partial charge is 0.462 e. The second-order valence-electron chi connectivity index (χ2n) is 4.81. The molecule has 1 amide bonds. The minimum atomic E-state index is -0.709. The molecular formula is C16H17NO5. The molecule has 0 N–H and O–H groups in total. The molecule has 0 aliphatic carbocycles. The van der Waals surface area contributed by atoms with Crippen molar-refractivity contribution in [3.63, 3.8) is 0 Å². The Morgan fingerprint density at radius 2 is 1.91 bits per heavy atom. The van der Waals surface area contributed by atoms with E-state index in [1.54, 1.807) is 19.1 Å². The Bertz CT molecular complexity index is 645.